The summed E-state index contributed by atoms with van der Waals surface area (Å²) in [6.45, 7) is 2.80. The quantitative estimate of drug-likeness (QED) is 0.494. The highest BCUT2D eigenvalue weighted by Crippen LogP contribution is 2.22. The van der Waals surface area contributed by atoms with E-state index >= 15 is 0 Å². The number of amides is 4. The normalized spacial score (nSPS) is 31.3. The highest BCUT2D eigenvalue weighted by atomic mass is 16.5. The summed E-state index contributed by atoms with van der Waals surface area (Å²) in [4.78, 5) is 34.3. The highest BCUT2D eigenvalue weighted by Gasteiger charge is 2.39. The average Bonchev–Trinajstić information content (AvgIpc) is 2.67. The van der Waals surface area contributed by atoms with Gasteiger partial charge in [-0.3, -0.25) is 19.8 Å². The number of imide groups is 2. The van der Waals surface area contributed by atoms with Gasteiger partial charge in [0.2, 0.25) is 0 Å². The first kappa shape index (κ1) is 10.1. The van der Waals surface area contributed by atoms with Crippen LogP contribution in [0, 0.1) is 5.92 Å². The number of ether oxygens (including phenoxy) is 1. The van der Waals surface area contributed by atoms with Crippen LogP contribution in [0.4, 0.5) is 4.79 Å². The zero-order chi connectivity index (χ0) is 11.0. The zero-order valence-electron chi connectivity index (χ0n) is 8.36. The molecule has 0 radical (unpaired) electrons. The van der Waals surface area contributed by atoms with E-state index in [4.69, 9.17) is 4.74 Å². The molecule has 2 atom stereocenters. The van der Waals surface area contributed by atoms with Crippen molar-refractivity contribution in [1.29, 1.82) is 0 Å². The second-order valence-corrected chi connectivity index (χ2v) is 3.80. The predicted molar refractivity (Wildman–Crippen MR) is 48.8 cm³/mol. The predicted octanol–water partition coefficient (Wildman–Crippen LogP) is -0.510. The maximum Gasteiger partial charge on any atom is 0.331 e. The van der Waals surface area contributed by atoms with E-state index < -0.39 is 17.8 Å². The van der Waals surface area contributed by atoms with E-state index in [1.165, 1.54) is 0 Å². The zero-order valence-corrected chi connectivity index (χ0v) is 8.36. The summed E-state index contributed by atoms with van der Waals surface area (Å²) < 4.78 is 5.32. The molecule has 0 aromatic heterocycles. The Morgan fingerprint density at radius 3 is 2.67 bits per heavy atom. The summed E-state index contributed by atoms with van der Waals surface area (Å²) >= 11 is 0. The summed E-state index contributed by atoms with van der Waals surface area (Å²) in [6.07, 6.45) is 0.841. The van der Waals surface area contributed by atoms with Gasteiger partial charge in [0.05, 0.1) is 6.10 Å². The minimum Gasteiger partial charge on any atom is -0.378 e. The lowest BCUT2D eigenvalue weighted by Gasteiger charge is -2.18. The molecule has 15 heavy (non-hydrogen) atoms. The van der Waals surface area contributed by atoms with E-state index in [0.29, 0.717) is 6.61 Å². The number of hydrogen-bond donors (Lipinski definition) is 1. The molecule has 2 fully saturated rings. The summed E-state index contributed by atoms with van der Waals surface area (Å²) in [6, 6.07) is -0.621. The van der Waals surface area contributed by atoms with Crippen molar-refractivity contribution in [2.24, 2.45) is 5.92 Å². The van der Waals surface area contributed by atoms with Crippen LogP contribution in [0.3, 0.4) is 0 Å². The van der Waals surface area contributed by atoms with E-state index in [0.717, 1.165) is 11.3 Å². The molecule has 2 unspecified atom stereocenters. The number of nitrogens with zero attached hydrogens (tertiary/aromatic N) is 1. The third kappa shape index (κ3) is 1.72. The summed E-state index contributed by atoms with van der Waals surface area (Å²) in [5.74, 6) is -1.48. The minimum atomic E-state index is -0.841. The third-order valence-electron chi connectivity index (χ3n) is 2.86. The SMILES string of the molecule is CC1OCCC1CN1C(=O)NC(=O)C1=O. The fraction of sp³-hybridized carbons (Fsp3) is 0.667. The third-order valence-corrected chi connectivity index (χ3v) is 2.86. The molecule has 2 rings (SSSR count). The fourth-order valence-corrected chi connectivity index (χ4v) is 1.85. The number of urea groups is 1. The Hall–Kier alpha value is -1.43. The summed E-state index contributed by atoms with van der Waals surface area (Å²) in [5, 5.41) is 1.96. The highest BCUT2D eigenvalue weighted by molar-refractivity contribution is 6.44. The molecule has 2 saturated heterocycles. The molecular weight excluding hydrogens is 200 g/mol. The van der Waals surface area contributed by atoms with Crippen molar-refractivity contribution in [3.05, 3.63) is 0 Å². The van der Waals surface area contributed by atoms with Crippen LogP contribution >= 0.6 is 0 Å². The monoisotopic (exact) mass is 212 g/mol. The van der Waals surface area contributed by atoms with Crippen molar-refractivity contribution >= 4 is 17.8 Å². The minimum absolute atomic E-state index is 0.0290. The van der Waals surface area contributed by atoms with E-state index in [1.54, 1.807) is 0 Å². The molecule has 0 bridgehead atoms. The Bertz CT molecular complexity index is 328. The lowest BCUT2D eigenvalue weighted by atomic mass is 10.0. The molecule has 2 aliphatic rings. The van der Waals surface area contributed by atoms with Crippen LogP contribution < -0.4 is 5.32 Å². The van der Waals surface area contributed by atoms with Gasteiger partial charge in [0.15, 0.2) is 0 Å². The fourth-order valence-electron chi connectivity index (χ4n) is 1.85. The van der Waals surface area contributed by atoms with Gasteiger partial charge in [0.25, 0.3) is 0 Å². The van der Waals surface area contributed by atoms with Crippen LogP contribution in [-0.2, 0) is 14.3 Å². The number of nitrogens with one attached hydrogen (secondary N) is 1. The van der Waals surface area contributed by atoms with Crippen molar-refractivity contribution < 1.29 is 19.1 Å². The molecule has 0 aliphatic carbocycles. The summed E-state index contributed by atoms with van der Waals surface area (Å²) in [5.41, 5.74) is 0. The molecule has 1 N–H and O–H groups in total. The molecule has 2 aliphatic heterocycles. The first-order valence-electron chi connectivity index (χ1n) is 4.88. The van der Waals surface area contributed by atoms with Crippen molar-refractivity contribution in [2.75, 3.05) is 13.2 Å². The van der Waals surface area contributed by atoms with Crippen LogP contribution in [0.25, 0.3) is 0 Å². The molecule has 6 nitrogen and oxygen atoms in total. The molecule has 6 heteroatoms. The topological polar surface area (TPSA) is 75.7 Å². The number of carbonyl (C=O) groups is 3. The molecule has 0 aromatic rings. The smallest absolute Gasteiger partial charge is 0.331 e. The van der Waals surface area contributed by atoms with E-state index in [9.17, 15) is 14.4 Å². The maximum absolute atomic E-state index is 11.3. The van der Waals surface area contributed by atoms with Gasteiger partial charge >= 0.3 is 17.8 Å². The summed E-state index contributed by atoms with van der Waals surface area (Å²) in [7, 11) is 0. The largest absolute Gasteiger partial charge is 0.378 e. The standard InChI is InChI=1S/C9H12N2O4/c1-5-6(2-3-15-5)4-11-8(13)7(12)10-9(11)14/h5-6H,2-4H2,1H3,(H,10,12,14). The lowest BCUT2D eigenvalue weighted by molar-refractivity contribution is -0.140. The number of hydrogen-bond acceptors (Lipinski definition) is 4. The first-order valence-corrected chi connectivity index (χ1v) is 4.88. The van der Waals surface area contributed by atoms with Gasteiger partial charge in [-0.05, 0) is 13.3 Å². The van der Waals surface area contributed by atoms with Crippen LogP contribution in [0.5, 0.6) is 0 Å². The Kier molecular flexibility index (Phi) is 2.44. The second-order valence-electron chi connectivity index (χ2n) is 3.80. The van der Waals surface area contributed by atoms with Gasteiger partial charge < -0.3 is 4.74 Å². The molecule has 0 spiro atoms. The number of rotatable bonds is 2. The molecule has 2 heterocycles. The van der Waals surface area contributed by atoms with Gasteiger partial charge in [0, 0.05) is 19.1 Å². The van der Waals surface area contributed by atoms with Gasteiger partial charge in [0.1, 0.15) is 0 Å². The van der Waals surface area contributed by atoms with Gasteiger partial charge in [-0.15, -0.1) is 0 Å². The van der Waals surface area contributed by atoms with Crippen LogP contribution in [0.15, 0.2) is 0 Å². The van der Waals surface area contributed by atoms with E-state index in [2.05, 4.69) is 0 Å². The second kappa shape index (κ2) is 3.62. The van der Waals surface area contributed by atoms with Crippen LogP contribution in [-0.4, -0.2) is 42.0 Å². The van der Waals surface area contributed by atoms with Gasteiger partial charge in [-0.25, -0.2) is 4.79 Å². The Morgan fingerprint density at radius 1 is 1.47 bits per heavy atom. The molecule has 0 aromatic carbocycles. The Morgan fingerprint density at radius 2 is 2.20 bits per heavy atom. The van der Waals surface area contributed by atoms with Gasteiger partial charge in [-0.2, -0.15) is 0 Å². The molecule has 82 valence electrons. The molecule has 4 amide bonds. The molecule has 0 saturated carbocycles. The number of carbonyl (C=O) groups excluding carboxylic acids is 3. The van der Waals surface area contributed by atoms with E-state index in [1.807, 2.05) is 12.2 Å². The first-order chi connectivity index (χ1) is 7.09. The van der Waals surface area contributed by atoms with Gasteiger partial charge in [-0.1, -0.05) is 0 Å². The van der Waals surface area contributed by atoms with Crippen molar-refractivity contribution in [3.63, 3.8) is 0 Å². The van der Waals surface area contributed by atoms with E-state index in [-0.39, 0.29) is 18.6 Å². The average molecular weight is 212 g/mol. The molecular formula is C9H12N2O4. The van der Waals surface area contributed by atoms with Crippen molar-refractivity contribution in [2.45, 2.75) is 19.4 Å². The van der Waals surface area contributed by atoms with Crippen LogP contribution in [0.1, 0.15) is 13.3 Å². The Balaban J connectivity index is 2.02. The van der Waals surface area contributed by atoms with Crippen molar-refractivity contribution in [3.8, 4) is 0 Å². The lowest BCUT2D eigenvalue weighted by Crippen LogP contribution is -2.37. The van der Waals surface area contributed by atoms with Crippen LogP contribution in [0.2, 0.25) is 0 Å². The maximum atomic E-state index is 11.3. The Labute approximate surface area is 86.6 Å². The van der Waals surface area contributed by atoms with Crippen molar-refractivity contribution in [1.82, 2.24) is 10.2 Å².